The molecule has 3 nitrogen and oxygen atoms in total. The molecule has 8 rings (SSSR count). The summed E-state index contributed by atoms with van der Waals surface area (Å²) in [7, 11) is 2.16. The van der Waals surface area contributed by atoms with Crippen LogP contribution in [0.1, 0.15) is 41.1 Å². The van der Waals surface area contributed by atoms with Gasteiger partial charge in [0, 0.05) is 51.2 Å². The third-order valence-corrected chi connectivity index (χ3v) is 9.04. The van der Waals surface area contributed by atoms with Crippen LogP contribution in [-0.4, -0.2) is 9.24 Å². The van der Waals surface area contributed by atoms with Crippen LogP contribution in [-0.2, 0) is 13.5 Å². The van der Waals surface area contributed by atoms with Crippen LogP contribution in [0.3, 0.4) is 0 Å². The summed E-state index contributed by atoms with van der Waals surface area (Å²) in [6.07, 6.45) is 10.1. The van der Waals surface area contributed by atoms with Gasteiger partial charge in [-0.15, -0.1) is 0 Å². The Morgan fingerprint density at radius 2 is 1.45 bits per heavy atom. The van der Waals surface area contributed by atoms with Crippen molar-refractivity contribution in [2.75, 3.05) is 5.84 Å². The number of rotatable bonds is 3. The highest BCUT2D eigenvalue weighted by atomic mass is 15.3. The van der Waals surface area contributed by atoms with Gasteiger partial charge in [0.1, 0.15) is 0 Å². The van der Waals surface area contributed by atoms with Crippen molar-refractivity contribution in [2.24, 2.45) is 7.05 Å². The van der Waals surface area contributed by atoms with Gasteiger partial charge in [0.05, 0.1) is 5.35 Å². The first kappa shape index (κ1) is 23.2. The fourth-order valence-corrected chi connectivity index (χ4v) is 6.89. The molecule has 40 heavy (non-hydrogen) atoms. The van der Waals surface area contributed by atoms with Crippen LogP contribution in [0.4, 0.5) is 0 Å². The minimum Gasteiger partial charge on any atom is -0.344 e. The van der Waals surface area contributed by atoms with Crippen LogP contribution in [0.5, 0.6) is 0 Å². The second-order valence-electron chi connectivity index (χ2n) is 11.2. The Bertz CT molecular complexity index is 2090. The van der Waals surface area contributed by atoms with E-state index in [1.54, 1.807) is 0 Å². The Labute approximate surface area is 233 Å². The van der Waals surface area contributed by atoms with Crippen molar-refractivity contribution in [3.8, 4) is 11.1 Å². The maximum absolute atomic E-state index is 6.67. The maximum atomic E-state index is 6.67. The molecule has 2 aliphatic carbocycles. The average molecular weight is 518 g/mol. The van der Waals surface area contributed by atoms with Gasteiger partial charge in [-0.3, -0.25) is 4.68 Å². The molecule has 2 aliphatic rings. The first-order valence-electron chi connectivity index (χ1n) is 14.2. The van der Waals surface area contributed by atoms with Gasteiger partial charge in [-0.25, -0.2) is 0 Å². The second-order valence-corrected chi connectivity index (χ2v) is 11.2. The summed E-state index contributed by atoms with van der Waals surface area (Å²) in [6.45, 7) is 0. The van der Waals surface area contributed by atoms with Crippen LogP contribution in [0.2, 0.25) is 0 Å². The average Bonchev–Trinajstić information content (AvgIpc) is 3.47. The first-order chi connectivity index (χ1) is 19.7. The molecular weight excluding hydrogens is 486 g/mol. The molecule has 0 bridgehead atoms. The van der Waals surface area contributed by atoms with Crippen molar-refractivity contribution >= 4 is 45.6 Å². The van der Waals surface area contributed by atoms with Crippen molar-refractivity contribution in [3.05, 3.63) is 130 Å². The number of hydrogen-bond acceptors (Lipinski definition) is 1. The van der Waals surface area contributed by atoms with Crippen molar-refractivity contribution in [1.82, 2.24) is 9.24 Å². The van der Waals surface area contributed by atoms with Crippen LogP contribution in [0.15, 0.2) is 97.1 Å². The van der Waals surface area contributed by atoms with E-state index in [2.05, 4.69) is 127 Å². The Balaban J connectivity index is 1.20. The van der Waals surface area contributed by atoms with Crippen molar-refractivity contribution in [3.63, 3.8) is 0 Å². The van der Waals surface area contributed by atoms with E-state index in [-0.39, 0.29) is 0 Å². The lowest BCUT2D eigenvalue weighted by atomic mass is 9.88. The van der Waals surface area contributed by atoms with Gasteiger partial charge in [-0.2, -0.15) is 0 Å². The van der Waals surface area contributed by atoms with E-state index in [4.69, 9.17) is 5.84 Å². The van der Waals surface area contributed by atoms with Gasteiger partial charge in [-0.1, -0.05) is 91.0 Å². The van der Waals surface area contributed by atoms with Gasteiger partial charge in [0.25, 0.3) is 0 Å². The molecule has 0 saturated carbocycles. The highest BCUT2D eigenvalue weighted by Gasteiger charge is 2.22. The SMILES string of the molecule is Cn1c2ccccc2c2cc(C3C=c4c5c(n(N)c4=CC3)CCC(c3ccc(-c4ccccc4)cc3)=C5)ccc21. The van der Waals surface area contributed by atoms with E-state index >= 15 is 0 Å². The summed E-state index contributed by atoms with van der Waals surface area (Å²) < 4.78 is 4.24. The lowest BCUT2D eigenvalue weighted by Crippen LogP contribution is -2.36. The van der Waals surface area contributed by atoms with Gasteiger partial charge in [0.2, 0.25) is 0 Å². The van der Waals surface area contributed by atoms with E-state index < -0.39 is 0 Å². The number of para-hydroxylation sites is 1. The molecule has 0 radical (unpaired) electrons. The summed E-state index contributed by atoms with van der Waals surface area (Å²) >= 11 is 0. The molecule has 0 spiro atoms. The number of aryl methyl sites for hydroxylation is 1. The summed E-state index contributed by atoms with van der Waals surface area (Å²) in [5.74, 6) is 7.00. The molecule has 0 amide bonds. The summed E-state index contributed by atoms with van der Waals surface area (Å²) in [5.41, 5.74) is 11.6. The van der Waals surface area contributed by atoms with Crippen LogP contribution < -0.4 is 16.4 Å². The van der Waals surface area contributed by atoms with Crippen molar-refractivity contribution in [2.45, 2.75) is 25.2 Å². The minimum atomic E-state index is 0.325. The molecule has 194 valence electrons. The fourth-order valence-electron chi connectivity index (χ4n) is 6.89. The Hall–Kier alpha value is -4.76. The van der Waals surface area contributed by atoms with E-state index in [1.165, 1.54) is 66.1 Å². The quantitative estimate of drug-likeness (QED) is 0.259. The van der Waals surface area contributed by atoms with E-state index in [1.807, 2.05) is 4.68 Å². The molecule has 0 saturated heterocycles. The Morgan fingerprint density at radius 3 is 2.30 bits per heavy atom. The van der Waals surface area contributed by atoms with E-state index in [0.717, 1.165) is 24.6 Å². The first-order valence-corrected chi connectivity index (χ1v) is 14.2. The molecule has 2 heterocycles. The molecule has 2 N–H and O–H groups in total. The molecule has 4 aromatic carbocycles. The van der Waals surface area contributed by atoms with E-state index in [9.17, 15) is 0 Å². The monoisotopic (exact) mass is 517 g/mol. The van der Waals surface area contributed by atoms with Crippen LogP contribution >= 0.6 is 0 Å². The third-order valence-electron chi connectivity index (χ3n) is 9.04. The maximum Gasteiger partial charge on any atom is 0.0657 e. The highest BCUT2D eigenvalue weighted by Crippen LogP contribution is 2.34. The van der Waals surface area contributed by atoms with Crippen molar-refractivity contribution in [1.29, 1.82) is 0 Å². The van der Waals surface area contributed by atoms with Gasteiger partial charge in [0.15, 0.2) is 0 Å². The van der Waals surface area contributed by atoms with Crippen LogP contribution in [0.25, 0.3) is 56.7 Å². The predicted octanol–water partition coefficient (Wildman–Crippen LogP) is 6.75. The fraction of sp³-hybridized carbons (Fsp3) is 0.135. The number of fused-ring (bicyclic) bond motifs is 6. The second kappa shape index (κ2) is 8.89. The highest BCUT2D eigenvalue weighted by molar-refractivity contribution is 6.08. The zero-order valence-corrected chi connectivity index (χ0v) is 22.6. The van der Waals surface area contributed by atoms with Gasteiger partial charge in [-0.05, 0) is 71.4 Å². The van der Waals surface area contributed by atoms with Crippen LogP contribution in [0, 0.1) is 0 Å². The summed E-state index contributed by atoms with van der Waals surface area (Å²) in [6, 6.07) is 35.3. The molecule has 6 aromatic rings. The standard InChI is InChI=1S/C37H31N3/c1-39-34-10-6-5-9-30(34)31-22-28(15-18-35(31)39)29-17-20-37-33(23-29)32-21-27(16-19-36(32)40(37)38)26-13-11-25(12-14-26)24-7-3-2-4-8-24/h2-15,18,20-23,29H,16-17,19,38H2,1H3. The number of hydrogen-bond donors (Lipinski definition) is 1. The number of aromatic nitrogens is 2. The summed E-state index contributed by atoms with van der Waals surface area (Å²) in [4.78, 5) is 0. The Kier molecular flexibility index (Phi) is 5.15. The summed E-state index contributed by atoms with van der Waals surface area (Å²) in [5, 5.41) is 5.09. The number of nitrogen functional groups attached to an aromatic ring is 1. The van der Waals surface area contributed by atoms with Crippen molar-refractivity contribution < 1.29 is 0 Å². The lowest BCUT2D eigenvalue weighted by Gasteiger charge is -2.16. The molecule has 2 aromatic heterocycles. The molecule has 0 fully saturated rings. The molecule has 1 unspecified atom stereocenters. The predicted molar refractivity (Wildman–Crippen MR) is 169 cm³/mol. The number of nitrogens with two attached hydrogens (primary N) is 1. The van der Waals surface area contributed by atoms with Gasteiger partial charge < -0.3 is 10.4 Å². The third kappa shape index (κ3) is 3.51. The zero-order valence-electron chi connectivity index (χ0n) is 22.6. The minimum absolute atomic E-state index is 0.325. The number of nitrogens with zero attached hydrogens (tertiary/aromatic N) is 2. The molecule has 3 heteroatoms. The van der Waals surface area contributed by atoms with Gasteiger partial charge >= 0.3 is 0 Å². The smallest absolute Gasteiger partial charge is 0.0657 e. The molecule has 1 atom stereocenters. The Morgan fingerprint density at radius 1 is 0.725 bits per heavy atom. The number of allylic oxidation sites excluding steroid dienone is 1. The van der Waals surface area contributed by atoms with E-state index in [0.29, 0.717) is 5.92 Å². The zero-order chi connectivity index (χ0) is 26.8. The lowest BCUT2D eigenvalue weighted by molar-refractivity contribution is 0.827. The normalized spacial score (nSPS) is 16.2. The topological polar surface area (TPSA) is 35.9 Å². The molecular formula is C37H31N3. The largest absolute Gasteiger partial charge is 0.344 e. The molecule has 0 aliphatic heterocycles. The number of benzene rings is 4.